The van der Waals surface area contributed by atoms with Crippen molar-refractivity contribution >= 4 is 11.6 Å². The molecule has 0 saturated heterocycles. The monoisotopic (exact) mass is 312 g/mol. The summed E-state index contributed by atoms with van der Waals surface area (Å²) in [5, 5.41) is 0. The molecule has 23 heavy (non-hydrogen) atoms. The Bertz CT molecular complexity index is 950. The van der Waals surface area contributed by atoms with Crippen LogP contribution in [0.2, 0.25) is 0 Å². The van der Waals surface area contributed by atoms with Crippen molar-refractivity contribution in [2.24, 2.45) is 0 Å². The van der Waals surface area contributed by atoms with Gasteiger partial charge in [-0.25, -0.2) is 14.2 Å². The van der Waals surface area contributed by atoms with Gasteiger partial charge in [0.1, 0.15) is 18.1 Å². The molecule has 0 aliphatic carbocycles. The predicted molar refractivity (Wildman–Crippen MR) is 81.7 cm³/mol. The lowest BCUT2D eigenvalue weighted by atomic mass is 10.2. The molecule has 0 atom stereocenters. The molecular formula is C17H13FN2O3. The molecule has 5 nitrogen and oxygen atoms in total. The normalized spacial score (nSPS) is 10.7. The van der Waals surface area contributed by atoms with E-state index in [-0.39, 0.29) is 17.7 Å². The molecule has 0 bridgehead atoms. The summed E-state index contributed by atoms with van der Waals surface area (Å²) in [6.07, 6.45) is 0. The standard InChI is InChI=1S/C17H13FN2O3/c1-11-5-4-8-15-19-12(9-16(21)20(11)15)10-23-17(22)13-6-2-3-7-14(13)18/h2-9H,10H2,1H3. The van der Waals surface area contributed by atoms with Crippen molar-refractivity contribution in [2.75, 3.05) is 0 Å². The molecule has 0 aliphatic rings. The first kappa shape index (κ1) is 14.9. The molecule has 2 aromatic heterocycles. The number of aromatic nitrogens is 2. The van der Waals surface area contributed by atoms with Gasteiger partial charge in [0.05, 0.1) is 11.3 Å². The smallest absolute Gasteiger partial charge is 0.341 e. The second-order valence-corrected chi connectivity index (χ2v) is 5.00. The lowest BCUT2D eigenvalue weighted by Crippen LogP contribution is -2.18. The number of benzene rings is 1. The van der Waals surface area contributed by atoms with E-state index >= 15 is 0 Å². The van der Waals surface area contributed by atoms with Crippen molar-refractivity contribution in [3.05, 3.63) is 81.7 Å². The van der Waals surface area contributed by atoms with Crippen LogP contribution < -0.4 is 5.56 Å². The van der Waals surface area contributed by atoms with E-state index in [9.17, 15) is 14.0 Å². The number of halogens is 1. The molecule has 3 rings (SSSR count). The minimum absolute atomic E-state index is 0.152. The van der Waals surface area contributed by atoms with Crippen molar-refractivity contribution in [1.29, 1.82) is 0 Å². The van der Waals surface area contributed by atoms with Crippen molar-refractivity contribution in [3.63, 3.8) is 0 Å². The predicted octanol–water partition coefficient (Wildman–Crippen LogP) is 2.50. The largest absolute Gasteiger partial charge is 0.455 e. The zero-order valence-corrected chi connectivity index (χ0v) is 12.3. The van der Waals surface area contributed by atoms with E-state index in [0.717, 1.165) is 5.69 Å². The van der Waals surface area contributed by atoms with E-state index in [0.29, 0.717) is 11.3 Å². The summed E-state index contributed by atoms with van der Waals surface area (Å²) in [4.78, 5) is 28.3. The minimum Gasteiger partial charge on any atom is -0.455 e. The number of hydrogen-bond acceptors (Lipinski definition) is 4. The van der Waals surface area contributed by atoms with Gasteiger partial charge in [0, 0.05) is 11.8 Å². The first-order valence-corrected chi connectivity index (χ1v) is 6.96. The van der Waals surface area contributed by atoms with Gasteiger partial charge in [-0.1, -0.05) is 18.2 Å². The Morgan fingerprint density at radius 1 is 1.22 bits per heavy atom. The molecule has 3 aromatic rings. The molecule has 0 saturated carbocycles. The van der Waals surface area contributed by atoms with Gasteiger partial charge in [0.15, 0.2) is 0 Å². The second kappa shape index (κ2) is 6.00. The quantitative estimate of drug-likeness (QED) is 0.697. The van der Waals surface area contributed by atoms with Crippen molar-refractivity contribution in [1.82, 2.24) is 9.38 Å². The van der Waals surface area contributed by atoms with Gasteiger partial charge in [-0.05, 0) is 31.2 Å². The van der Waals surface area contributed by atoms with Crippen LogP contribution in [-0.4, -0.2) is 15.4 Å². The van der Waals surface area contributed by atoms with Crippen LogP contribution >= 0.6 is 0 Å². The highest BCUT2D eigenvalue weighted by molar-refractivity contribution is 5.89. The van der Waals surface area contributed by atoms with Crippen LogP contribution in [0.5, 0.6) is 0 Å². The Morgan fingerprint density at radius 2 is 2.00 bits per heavy atom. The third-order valence-corrected chi connectivity index (χ3v) is 3.38. The van der Waals surface area contributed by atoms with Gasteiger partial charge < -0.3 is 4.74 Å². The maximum absolute atomic E-state index is 13.5. The zero-order valence-electron chi connectivity index (χ0n) is 12.3. The van der Waals surface area contributed by atoms with Crippen LogP contribution in [0.1, 0.15) is 21.7 Å². The summed E-state index contributed by atoms with van der Waals surface area (Å²) >= 11 is 0. The lowest BCUT2D eigenvalue weighted by Gasteiger charge is -2.08. The Balaban J connectivity index is 1.84. The van der Waals surface area contributed by atoms with Gasteiger partial charge in [-0.2, -0.15) is 0 Å². The van der Waals surface area contributed by atoms with E-state index in [1.54, 1.807) is 31.2 Å². The van der Waals surface area contributed by atoms with Crippen LogP contribution in [0, 0.1) is 12.7 Å². The molecule has 1 aromatic carbocycles. The summed E-state index contributed by atoms with van der Waals surface area (Å²) in [5.74, 6) is -1.45. The van der Waals surface area contributed by atoms with Crippen LogP contribution in [0.25, 0.3) is 5.65 Å². The summed E-state index contributed by atoms with van der Waals surface area (Å²) in [6, 6.07) is 12.1. The topological polar surface area (TPSA) is 60.7 Å². The fourth-order valence-corrected chi connectivity index (χ4v) is 2.28. The lowest BCUT2D eigenvalue weighted by molar-refractivity contribution is 0.0462. The van der Waals surface area contributed by atoms with Crippen molar-refractivity contribution in [2.45, 2.75) is 13.5 Å². The molecule has 0 fully saturated rings. The molecular weight excluding hydrogens is 299 g/mol. The zero-order chi connectivity index (χ0) is 16.4. The number of aryl methyl sites for hydroxylation is 1. The third kappa shape index (κ3) is 2.96. The number of pyridine rings is 1. The molecule has 0 amide bonds. The van der Waals surface area contributed by atoms with Crippen LogP contribution in [0.4, 0.5) is 4.39 Å². The van der Waals surface area contributed by atoms with Gasteiger partial charge in [0.2, 0.25) is 0 Å². The molecule has 0 radical (unpaired) electrons. The number of fused-ring (bicyclic) bond motifs is 1. The Hall–Kier alpha value is -3.02. The number of esters is 1. The average Bonchev–Trinajstić information content (AvgIpc) is 2.53. The molecule has 116 valence electrons. The second-order valence-electron chi connectivity index (χ2n) is 5.00. The maximum Gasteiger partial charge on any atom is 0.341 e. The fraction of sp³-hybridized carbons (Fsp3) is 0.118. The van der Waals surface area contributed by atoms with E-state index < -0.39 is 11.8 Å². The van der Waals surface area contributed by atoms with Crippen molar-refractivity contribution in [3.8, 4) is 0 Å². The van der Waals surface area contributed by atoms with Gasteiger partial charge in [0.25, 0.3) is 5.56 Å². The molecule has 0 spiro atoms. The Labute approximate surface area is 131 Å². The number of rotatable bonds is 3. The molecule has 6 heteroatoms. The highest BCUT2D eigenvalue weighted by atomic mass is 19.1. The fourth-order valence-electron chi connectivity index (χ4n) is 2.28. The Kier molecular flexibility index (Phi) is 3.89. The van der Waals surface area contributed by atoms with Crippen LogP contribution in [0.3, 0.4) is 0 Å². The van der Waals surface area contributed by atoms with E-state index in [2.05, 4.69) is 4.98 Å². The summed E-state index contributed by atoms with van der Waals surface area (Å²) < 4.78 is 20.0. The van der Waals surface area contributed by atoms with Crippen LogP contribution in [-0.2, 0) is 11.3 Å². The minimum atomic E-state index is -0.797. The van der Waals surface area contributed by atoms with Crippen LogP contribution in [0.15, 0.2) is 53.3 Å². The molecule has 0 N–H and O–H groups in total. The highest BCUT2D eigenvalue weighted by Crippen LogP contribution is 2.10. The summed E-state index contributed by atoms with van der Waals surface area (Å²) in [5.41, 5.74) is 1.13. The highest BCUT2D eigenvalue weighted by Gasteiger charge is 2.13. The maximum atomic E-state index is 13.5. The number of carbonyl (C=O) groups is 1. The van der Waals surface area contributed by atoms with Gasteiger partial charge in [-0.3, -0.25) is 9.20 Å². The molecule has 0 aliphatic heterocycles. The molecule has 0 unspecified atom stereocenters. The van der Waals surface area contributed by atoms with E-state index in [1.165, 1.54) is 28.7 Å². The number of nitrogens with zero attached hydrogens (tertiary/aromatic N) is 2. The number of carbonyl (C=O) groups excluding carboxylic acids is 1. The van der Waals surface area contributed by atoms with Gasteiger partial charge >= 0.3 is 5.97 Å². The summed E-state index contributed by atoms with van der Waals surface area (Å²) in [6.45, 7) is 1.60. The third-order valence-electron chi connectivity index (χ3n) is 3.38. The average molecular weight is 312 g/mol. The van der Waals surface area contributed by atoms with E-state index in [1.807, 2.05) is 0 Å². The number of ether oxygens (including phenoxy) is 1. The number of hydrogen-bond donors (Lipinski definition) is 0. The SMILES string of the molecule is Cc1cccc2nc(COC(=O)c3ccccc3F)cc(=O)n12. The molecule has 2 heterocycles. The first-order valence-electron chi connectivity index (χ1n) is 6.96. The van der Waals surface area contributed by atoms with Gasteiger partial charge in [-0.15, -0.1) is 0 Å². The van der Waals surface area contributed by atoms with Crippen molar-refractivity contribution < 1.29 is 13.9 Å². The Morgan fingerprint density at radius 3 is 2.78 bits per heavy atom. The van der Waals surface area contributed by atoms with E-state index in [4.69, 9.17) is 4.74 Å². The first-order chi connectivity index (χ1) is 11.1. The summed E-state index contributed by atoms with van der Waals surface area (Å²) in [7, 11) is 0.